The molecule has 3 aromatic heterocycles. The van der Waals surface area contributed by atoms with Crippen LogP contribution >= 0.6 is 0 Å². The summed E-state index contributed by atoms with van der Waals surface area (Å²) in [4.78, 5) is 4.78. The fourth-order valence-corrected chi connectivity index (χ4v) is 7.25. The molecule has 0 saturated carbocycles. The Labute approximate surface area is 352 Å². The maximum absolute atomic E-state index is 6.66. The Morgan fingerprint density at radius 2 is 1.28 bits per heavy atom. The summed E-state index contributed by atoms with van der Waals surface area (Å²) in [6.45, 7) is 10.7. The van der Waals surface area contributed by atoms with E-state index in [0.29, 0.717) is 34.6 Å². The Morgan fingerprint density at radius 1 is 0.621 bits per heavy atom. The molecule has 58 heavy (non-hydrogen) atoms. The van der Waals surface area contributed by atoms with Crippen molar-refractivity contribution in [2.24, 2.45) is 0 Å². The molecule has 0 saturated heterocycles. The Hall–Kier alpha value is -6.43. The van der Waals surface area contributed by atoms with Gasteiger partial charge in [-0.1, -0.05) is 74.0 Å². The molecule has 0 unspecified atom stereocenters. The van der Waals surface area contributed by atoms with Gasteiger partial charge in [-0.3, -0.25) is 4.68 Å². The van der Waals surface area contributed by atoms with Gasteiger partial charge in [0.15, 0.2) is 0 Å². The van der Waals surface area contributed by atoms with Gasteiger partial charge in [-0.15, -0.1) is 35.7 Å². The van der Waals surface area contributed by atoms with Gasteiger partial charge in [0.05, 0.1) is 11.8 Å². The number of hydrogen-bond donors (Lipinski definition) is 0. The van der Waals surface area contributed by atoms with Crippen molar-refractivity contribution < 1.29 is 35.3 Å². The van der Waals surface area contributed by atoms with Gasteiger partial charge in [0.25, 0.3) is 0 Å². The molecule has 8 heteroatoms. The van der Waals surface area contributed by atoms with E-state index in [0.717, 1.165) is 66.9 Å². The molecule has 0 atom stereocenters. The van der Waals surface area contributed by atoms with Crippen LogP contribution in [0, 0.1) is 32.9 Å². The number of para-hydroxylation sites is 3. The molecule has 0 aliphatic carbocycles. The third-order valence-corrected chi connectivity index (χ3v) is 10.5. The molecule has 288 valence electrons. The number of fused-ring (bicyclic) bond motifs is 3. The number of pyridine rings is 1. The minimum atomic E-state index is 0. The predicted octanol–water partition coefficient (Wildman–Crippen LogP) is 13.1. The zero-order valence-corrected chi connectivity index (χ0v) is 35.0. The average molecular weight is 940 g/mol. The maximum atomic E-state index is 6.66. The Bertz CT molecular complexity index is 2830. The van der Waals surface area contributed by atoms with Gasteiger partial charge in [-0.25, -0.2) is 4.98 Å². The third kappa shape index (κ3) is 7.30. The van der Waals surface area contributed by atoms with E-state index in [1.807, 2.05) is 104 Å². The Kier molecular flexibility index (Phi) is 10.7. The molecule has 0 aliphatic heterocycles. The first-order chi connectivity index (χ1) is 27.8. The van der Waals surface area contributed by atoms with E-state index in [2.05, 4.69) is 93.8 Å². The van der Waals surface area contributed by atoms with Gasteiger partial charge < -0.3 is 18.8 Å². The maximum Gasteiger partial charge on any atom is 2.00 e. The number of hydrogen-bond acceptors (Lipinski definition) is 5. The molecule has 3 heterocycles. The zero-order chi connectivity index (χ0) is 39.0. The Morgan fingerprint density at radius 3 is 1.97 bits per heavy atom. The standard InChI is InChI=1S/C50H40N4O3.Pt/c1-32(2)36-25-26-51-47(27-36)54-45-22-13-12-21-43(45)44-24-23-42(29-46(44)54)55-41-20-14-15-38(28-41)53-31-37(30-52-53)48-49(56-39-16-8-6-9-17-39)34(4)33(3)35(5)50(48)57-40-18-10-7-11-19-40;/h6-27,30-32H,1-5H3;/q-2;+2. The number of nitrogens with zero attached hydrogens (tertiary/aromatic N) is 4. The summed E-state index contributed by atoms with van der Waals surface area (Å²) < 4.78 is 23.8. The molecular weight excluding hydrogens is 900 g/mol. The van der Waals surface area contributed by atoms with Gasteiger partial charge in [-0.05, 0) is 102 Å². The van der Waals surface area contributed by atoms with E-state index >= 15 is 0 Å². The van der Waals surface area contributed by atoms with Crippen molar-refractivity contribution in [1.82, 2.24) is 19.3 Å². The van der Waals surface area contributed by atoms with Crippen molar-refractivity contribution in [3.05, 3.63) is 180 Å². The van der Waals surface area contributed by atoms with Crippen LogP contribution in [0.1, 0.15) is 42.0 Å². The van der Waals surface area contributed by atoms with Gasteiger partial charge in [0, 0.05) is 35.0 Å². The van der Waals surface area contributed by atoms with Crippen molar-refractivity contribution in [2.75, 3.05) is 0 Å². The van der Waals surface area contributed by atoms with Crippen LogP contribution in [-0.4, -0.2) is 19.3 Å². The second-order valence-electron chi connectivity index (χ2n) is 14.5. The molecule has 0 N–H and O–H groups in total. The van der Waals surface area contributed by atoms with Crippen LogP contribution in [-0.2, 0) is 21.1 Å². The molecule has 9 aromatic rings. The van der Waals surface area contributed by atoms with Crippen LogP contribution < -0.4 is 14.2 Å². The molecular formula is C50H40N4O3Pt. The van der Waals surface area contributed by atoms with Crippen LogP contribution in [0.5, 0.6) is 34.5 Å². The average Bonchev–Trinajstić information content (AvgIpc) is 3.86. The Balaban J connectivity index is 0.00000469. The third-order valence-electron chi connectivity index (χ3n) is 10.5. The second kappa shape index (κ2) is 16.2. The summed E-state index contributed by atoms with van der Waals surface area (Å²) in [6, 6.07) is 49.0. The summed E-state index contributed by atoms with van der Waals surface area (Å²) >= 11 is 0. The SMILES string of the molecule is Cc1c(C)c(Oc2ccccc2)c(-c2cnn(-c3[c-]c(Oc4[c-]c5c(cc4)c4ccccc4n5-c4cc(C(C)C)ccn4)ccc3)c2)c(Oc2ccccc2)c1C.[Pt+2]. The minimum absolute atomic E-state index is 0. The van der Waals surface area contributed by atoms with E-state index in [1.54, 1.807) is 4.68 Å². The van der Waals surface area contributed by atoms with Gasteiger partial charge >= 0.3 is 21.1 Å². The van der Waals surface area contributed by atoms with E-state index in [1.165, 1.54) is 5.56 Å². The van der Waals surface area contributed by atoms with Crippen molar-refractivity contribution in [3.8, 4) is 57.1 Å². The number of aromatic nitrogens is 4. The first kappa shape index (κ1) is 38.4. The topological polar surface area (TPSA) is 63.3 Å². The normalized spacial score (nSPS) is 11.2. The van der Waals surface area contributed by atoms with Crippen LogP contribution in [0.2, 0.25) is 0 Å². The van der Waals surface area contributed by atoms with Gasteiger partial charge in [0.2, 0.25) is 0 Å². The molecule has 0 fully saturated rings. The fraction of sp³-hybridized carbons (Fsp3) is 0.120. The molecule has 0 aliphatic rings. The summed E-state index contributed by atoms with van der Waals surface area (Å²) in [5.74, 6) is 5.21. The van der Waals surface area contributed by atoms with Gasteiger partial charge in [-0.2, -0.15) is 17.2 Å². The summed E-state index contributed by atoms with van der Waals surface area (Å²) in [6.07, 6.45) is 5.69. The smallest absolute Gasteiger partial charge is 0.509 e. The number of benzene rings is 6. The molecule has 0 bridgehead atoms. The van der Waals surface area contributed by atoms with Crippen molar-refractivity contribution in [2.45, 2.75) is 40.5 Å². The van der Waals surface area contributed by atoms with Crippen LogP contribution in [0.4, 0.5) is 0 Å². The molecule has 9 rings (SSSR count). The van der Waals surface area contributed by atoms with E-state index < -0.39 is 0 Å². The second-order valence-corrected chi connectivity index (χ2v) is 14.5. The minimum Gasteiger partial charge on any atom is -0.509 e. The largest absolute Gasteiger partial charge is 2.00 e. The number of rotatable bonds is 10. The fourth-order valence-electron chi connectivity index (χ4n) is 7.25. The number of ether oxygens (including phenoxy) is 3. The molecule has 0 amide bonds. The first-order valence-corrected chi connectivity index (χ1v) is 19.1. The summed E-state index contributed by atoms with van der Waals surface area (Å²) in [5.41, 5.74) is 8.67. The van der Waals surface area contributed by atoms with Crippen molar-refractivity contribution in [3.63, 3.8) is 0 Å². The zero-order valence-electron chi connectivity index (χ0n) is 32.8. The van der Waals surface area contributed by atoms with Crippen LogP contribution in [0.25, 0.3) is 44.4 Å². The van der Waals surface area contributed by atoms with E-state index in [-0.39, 0.29) is 21.1 Å². The van der Waals surface area contributed by atoms with Crippen molar-refractivity contribution in [1.29, 1.82) is 0 Å². The molecule has 0 radical (unpaired) electrons. The van der Waals surface area contributed by atoms with Crippen LogP contribution in [0.15, 0.2) is 146 Å². The summed E-state index contributed by atoms with van der Waals surface area (Å²) in [5, 5.41) is 7.02. The monoisotopic (exact) mass is 939 g/mol. The van der Waals surface area contributed by atoms with Crippen LogP contribution in [0.3, 0.4) is 0 Å². The van der Waals surface area contributed by atoms with E-state index in [4.69, 9.17) is 24.3 Å². The summed E-state index contributed by atoms with van der Waals surface area (Å²) in [7, 11) is 0. The molecule has 7 nitrogen and oxygen atoms in total. The van der Waals surface area contributed by atoms with E-state index in [9.17, 15) is 0 Å². The van der Waals surface area contributed by atoms with Crippen molar-refractivity contribution >= 4 is 21.8 Å². The quantitative estimate of drug-likeness (QED) is 0.128. The molecule has 6 aromatic carbocycles. The predicted molar refractivity (Wildman–Crippen MR) is 227 cm³/mol. The molecule has 0 spiro atoms. The first-order valence-electron chi connectivity index (χ1n) is 19.1. The van der Waals surface area contributed by atoms with Gasteiger partial charge in [0.1, 0.15) is 28.8 Å².